The summed E-state index contributed by atoms with van der Waals surface area (Å²) in [6.45, 7) is 4.61. The van der Waals surface area contributed by atoms with Gasteiger partial charge in [0.1, 0.15) is 10.9 Å². The summed E-state index contributed by atoms with van der Waals surface area (Å²) in [6, 6.07) is 3.67. The van der Waals surface area contributed by atoms with Gasteiger partial charge in [0.05, 0.1) is 22.7 Å². The van der Waals surface area contributed by atoms with Crippen LogP contribution in [0.25, 0.3) is 0 Å². The van der Waals surface area contributed by atoms with Crippen LogP contribution in [0.1, 0.15) is 50.3 Å². The second kappa shape index (κ2) is 6.40. The number of amides is 1. The van der Waals surface area contributed by atoms with Crippen LogP contribution in [0.2, 0.25) is 0 Å². The number of H-pyrrole nitrogens is 1. The van der Waals surface area contributed by atoms with Crippen LogP contribution in [0.4, 0.5) is 0 Å². The third kappa shape index (κ3) is 2.74. The van der Waals surface area contributed by atoms with E-state index in [4.69, 9.17) is 0 Å². The van der Waals surface area contributed by atoms with Gasteiger partial charge < -0.3 is 9.88 Å². The maximum Gasteiger partial charge on any atom is 0.266 e. The average Bonchev–Trinajstić information content (AvgIpc) is 3.27. The third-order valence-electron chi connectivity index (χ3n) is 4.52. The van der Waals surface area contributed by atoms with Crippen molar-refractivity contribution in [2.45, 2.75) is 32.7 Å². The summed E-state index contributed by atoms with van der Waals surface area (Å²) in [5, 5.41) is 0.997. The first-order chi connectivity index (χ1) is 12.2. The van der Waals surface area contributed by atoms with Crippen LogP contribution in [0.5, 0.6) is 0 Å². The number of pyridine rings is 1. The topological polar surface area (TPSA) is 74.8 Å². The Bertz CT molecular complexity index is 901. The number of hydrogen-bond donors (Lipinski definition) is 1. The molecule has 7 heteroatoms. The first-order valence-corrected chi connectivity index (χ1v) is 9.20. The van der Waals surface area contributed by atoms with Gasteiger partial charge in [-0.15, -0.1) is 11.3 Å². The molecule has 0 aromatic carbocycles. The van der Waals surface area contributed by atoms with Gasteiger partial charge in [0.2, 0.25) is 0 Å². The minimum atomic E-state index is -0.220. The molecule has 0 spiro atoms. The van der Waals surface area contributed by atoms with Gasteiger partial charge in [-0.2, -0.15) is 0 Å². The summed E-state index contributed by atoms with van der Waals surface area (Å²) >= 11 is 1.50. The van der Waals surface area contributed by atoms with Crippen molar-refractivity contribution >= 4 is 17.2 Å². The number of aromatic nitrogens is 4. The second-order valence-electron chi connectivity index (χ2n) is 6.08. The highest BCUT2D eigenvalue weighted by Crippen LogP contribution is 2.35. The molecule has 0 unspecified atom stereocenters. The molecule has 1 atom stereocenters. The molecule has 1 aliphatic rings. The van der Waals surface area contributed by atoms with Crippen molar-refractivity contribution in [3.05, 3.63) is 63.4 Å². The molecule has 3 aromatic rings. The van der Waals surface area contributed by atoms with Gasteiger partial charge in [-0.25, -0.2) is 9.97 Å². The minimum Gasteiger partial charge on any atom is -0.348 e. The maximum atomic E-state index is 13.3. The summed E-state index contributed by atoms with van der Waals surface area (Å²) in [7, 11) is 0. The fourth-order valence-corrected chi connectivity index (χ4v) is 4.26. The summed E-state index contributed by atoms with van der Waals surface area (Å²) in [4.78, 5) is 32.4. The Morgan fingerprint density at radius 3 is 3.08 bits per heavy atom. The van der Waals surface area contributed by atoms with Gasteiger partial charge in [-0.05, 0) is 25.0 Å². The van der Waals surface area contributed by atoms with E-state index < -0.39 is 0 Å². The SMILES string of the molecule is CCc1nc(C)c(C(=O)N2CCc3[nH]cnc3[C@@H]2c2cccnc2)s1. The van der Waals surface area contributed by atoms with E-state index in [1.807, 2.05) is 30.2 Å². The quantitative estimate of drug-likeness (QED) is 0.786. The molecule has 0 bridgehead atoms. The van der Waals surface area contributed by atoms with Crippen LogP contribution in [0.15, 0.2) is 30.9 Å². The minimum absolute atomic E-state index is 0.0252. The van der Waals surface area contributed by atoms with Crippen LogP contribution < -0.4 is 0 Å². The number of imidazole rings is 1. The summed E-state index contributed by atoms with van der Waals surface area (Å²) in [6.07, 6.45) is 6.87. The lowest BCUT2D eigenvalue weighted by Gasteiger charge is -2.34. The molecule has 0 radical (unpaired) electrons. The molecule has 25 heavy (non-hydrogen) atoms. The average molecular weight is 353 g/mol. The smallest absolute Gasteiger partial charge is 0.266 e. The number of fused-ring (bicyclic) bond motifs is 1. The van der Waals surface area contributed by atoms with E-state index in [0.717, 1.165) is 45.4 Å². The van der Waals surface area contributed by atoms with E-state index in [-0.39, 0.29) is 11.9 Å². The van der Waals surface area contributed by atoms with Crippen LogP contribution in [0, 0.1) is 6.92 Å². The van der Waals surface area contributed by atoms with Crippen LogP contribution >= 0.6 is 11.3 Å². The molecule has 4 rings (SSSR count). The van der Waals surface area contributed by atoms with Crippen molar-refractivity contribution in [2.75, 3.05) is 6.54 Å². The number of nitrogens with zero attached hydrogens (tertiary/aromatic N) is 4. The van der Waals surface area contributed by atoms with Crippen molar-refractivity contribution in [2.24, 2.45) is 0 Å². The van der Waals surface area contributed by atoms with Crippen LogP contribution in [0.3, 0.4) is 0 Å². The highest BCUT2D eigenvalue weighted by atomic mass is 32.1. The van der Waals surface area contributed by atoms with E-state index in [2.05, 4.69) is 26.9 Å². The summed E-state index contributed by atoms with van der Waals surface area (Å²) in [5.74, 6) is 0.0252. The van der Waals surface area contributed by atoms with Crippen molar-refractivity contribution < 1.29 is 4.79 Å². The van der Waals surface area contributed by atoms with E-state index in [0.29, 0.717) is 6.54 Å². The van der Waals surface area contributed by atoms with Crippen molar-refractivity contribution in [1.29, 1.82) is 0 Å². The lowest BCUT2D eigenvalue weighted by molar-refractivity contribution is 0.0694. The normalized spacial score (nSPS) is 16.7. The number of aromatic amines is 1. The lowest BCUT2D eigenvalue weighted by atomic mass is 9.96. The molecule has 0 aliphatic carbocycles. The fourth-order valence-electron chi connectivity index (χ4n) is 3.30. The Morgan fingerprint density at radius 2 is 2.36 bits per heavy atom. The van der Waals surface area contributed by atoms with Gasteiger partial charge in [0.15, 0.2) is 0 Å². The second-order valence-corrected chi connectivity index (χ2v) is 7.16. The van der Waals surface area contributed by atoms with E-state index in [1.54, 1.807) is 12.5 Å². The summed E-state index contributed by atoms with van der Waals surface area (Å²) in [5.41, 5.74) is 3.78. The Kier molecular flexibility index (Phi) is 4.09. The molecule has 1 amide bonds. The molecule has 3 aromatic heterocycles. The lowest BCUT2D eigenvalue weighted by Crippen LogP contribution is -2.40. The molecule has 1 aliphatic heterocycles. The standard InChI is InChI=1S/C18H19N5OS/c1-3-14-22-11(2)17(25-14)18(24)23-8-6-13-15(21-10-20-13)16(23)12-5-4-7-19-9-12/h4-5,7,9-10,16H,3,6,8H2,1-2H3,(H,20,21)/t16-/m0/s1. The first kappa shape index (κ1) is 16.0. The number of rotatable bonds is 3. The fraction of sp³-hybridized carbons (Fsp3) is 0.333. The Balaban J connectivity index is 1.77. The zero-order valence-corrected chi connectivity index (χ0v) is 15.0. The molecule has 6 nitrogen and oxygen atoms in total. The number of aryl methyl sites for hydroxylation is 2. The third-order valence-corrected chi connectivity index (χ3v) is 5.81. The van der Waals surface area contributed by atoms with E-state index >= 15 is 0 Å². The van der Waals surface area contributed by atoms with Crippen molar-refractivity contribution in [1.82, 2.24) is 24.8 Å². The van der Waals surface area contributed by atoms with Gasteiger partial charge in [-0.1, -0.05) is 13.0 Å². The van der Waals surface area contributed by atoms with Crippen LogP contribution in [-0.2, 0) is 12.8 Å². The van der Waals surface area contributed by atoms with E-state index in [1.165, 1.54) is 11.3 Å². The monoisotopic (exact) mass is 353 g/mol. The Labute approximate surface area is 150 Å². The molecule has 0 saturated carbocycles. The van der Waals surface area contributed by atoms with E-state index in [9.17, 15) is 4.79 Å². The van der Waals surface area contributed by atoms with Gasteiger partial charge in [0, 0.05) is 31.1 Å². The summed E-state index contributed by atoms with van der Waals surface area (Å²) < 4.78 is 0. The Morgan fingerprint density at radius 1 is 1.48 bits per heavy atom. The first-order valence-electron chi connectivity index (χ1n) is 8.38. The molecule has 4 heterocycles. The predicted molar refractivity (Wildman–Crippen MR) is 95.6 cm³/mol. The number of carbonyl (C=O) groups excluding carboxylic acids is 1. The highest BCUT2D eigenvalue weighted by molar-refractivity contribution is 7.13. The number of hydrogen-bond acceptors (Lipinski definition) is 5. The predicted octanol–water partition coefficient (Wildman–Crippen LogP) is 2.92. The molecular formula is C18H19N5OS. The number of carbonyl (C=O) groups is 1. The Hall–Kier alpha value is -2.54. The highest BCUT2D eigenvalue weighted by Gasteiger charge is 2.35. The molecular weight excluding hydrogens is 334 g/mol. The number of nitrogens with one attached hydrogen (secondary N) is 1. The number of thiazole rings is 1. The maximum absolute atomic E-state index is 13.3. The largest absolute Gasteiger partial charge is 0.348 e. The molecule has 0 saturated heterocycles. The zero-order chi connectivity index (χ0) is 17.4. The van der Waals surface area contributed by atoms with Crippen molar-refractivity contribution in [3.8, 4) is 0 Å². The molecule has 128 valence electrons. The van der Waals surface area contributed by atoms with Crippen molar-refractivity contribution in [3.63, 3.8) is 0 Å². The van der Waals surface area contributed by atoms with Crippen LogP contribution in [-0.4, -0.2) is 37.3 Å². The van der Waals surface area contributed by atoms with Gasteiger partial charge in [-0.3, -0.25) is 9.78 Å². The van der Waals surface area contributed by atoms with Gasteiger partial charge >= 0.3 is 0 Å². The molecule has 0 fully saturated rings. The molecule has 1 N–H and O–H groups in total. The zero-order valence-electron chi connectivity index (χ0n) is 14.2. The van der Waals surface area contributed by atoms with Gasteiger partial charge in [0.25, 0.3) is 5.91 Å².